The summed E-state index contributed by atoms with van der Waals surface area (Å²) in [5.41, 5.74) is 1.21. The van der Waals surface area contributed by atoms with E-state index in [0.717, 1.165) is 0 Å². The van der Waals surface area contributed by atoms with Crippen molar-refractivity contribution in [2.24, 2.45) is 0 Å². The number of aryl methyl sites for hydroxylation is 1. The molecule has 0 saturated heterocycles. The first-order valence-corrected chi connectivity index (χ1v) is 4.32. The molecular weight excluding hydrogens is 196 g/mol. The molecule has 0 fully saturated rings. The molecule has 0 aliphatic heterocycles. The van der Waals surface area contributed by atoms with Crippen molar-refractivity contribution in [2.75, 3.05) is 0 Å². The summed E-state index contributed by atoms with van der Waals surface area (Å²) < 4.78 is 0. The van der Waals surface area contributed by atoms with E-state index in [1.54, 1.807) is 13.0 Å². The third-order valence-corrected chi connectivity index (χ3v) is 2.11. The topological polar surface area (TPSA) is 83.0 Å². The average Bonchev–Trinajstić information content (AvgIpc) is 2.19. The van der Waals surface area contributed by atoms with Crippen LogP contribution in [-0.4, -0.2) is 21.0 Å². The molecule has 76 valence electrons. The van der Waals surface area contributed by atoms with E-state index in [4.69, 9.17) is 5.11 Å². The standard InChI is InChI=1S/C10H8N2O3/c1-5-9(13)12-8-4-6(10(14)15)2-3-7(8)11-5/h2-4H,1H3,(H,12,13)(H,14,15). The Balaban J connectivity index is 2.77. The van der Waals surface area contributed by atoms with Crippen molar-refractivity contribution in [3.05, 3.63) is 39.8 Å². The molecule has 0 atom stereocenters. The van der Waals surface area contributed by atoms with Gasteiger partial charge in [-0.05, 0) is 25.1 Å². The van der Waals surface area contributed by atoms with Crippen LogP contribution < -0.4 is 5.56 Å². The van der Waals surface area contributed by atoms with E-state index in [1.165, 1.54) is 12.1 Å². The van der Waals surface area contributed by atoms with Crippen molar-refractivity contribution in [3.63, 3.8) is 0 Å². The third kappa shape index (κ3) is 1.59. The molecule has 0 saturated carbocycles. The fourth-order valence-corrected chi connectivity index (χ4v) is 1.31. The summed E-state index contributed by atoms with van der Waals surface area (Å²) in [5, 5.41) is 8.76. The number of benzene rings is 1. The van der Waals surface area contributed by atoms with Crippen LogP contribution in [0.5, 0.6) is 0 Å². The van der Waals surface area contributed by atoms with E-state index in [-0.39, 0.29) is 11.1 Å². The average molecular weight is 204 g/mol. The summed E-state index contributed by atoms with van der Waals surface area (Å²) >= 11 is 0. The number of aromatic carboxylic acids is 1. The second kappa shape index (κ2) is 3.20. The first kappa shape index (κ1) is 9.39. The Morgan fingerprint density at radius 2 is 2.20 bits per heavy atom. The molecule has 2 N–H and O–H groups in total. The lowest BCUT2D eigenvalue weighted by molar-refractivity contribution is 0.0697. The van der Waals surface area contributed by atoms with Gasteiger partial charge in [0.05, 0.1) is 16.6 Å². The summed E-state index contributed by atoms with van der Waals surface area (Å²) in [5.74, 6) is -1.03. The van der Waals surface area contributed by atoms with Crippen LogP contribution in [0.15, 0.2) is 23.0 Å². The number of aromatic nitrogens is 2. The summed E-state index contributed by atoms with van der Waals surface area (Å²) in [7, 11) is 0. The molecule has 2 rings (SSSR count). The van der Waals surface area contributed by atoms with Gasteiger partial charge in [0, 0.05) is 0 Å². The van der Waals surface area contributed by atoms with Crippen molar-refractivity contribution in [1.82, 2.24) is 9.97 Å². The Kier molecular flexibility index (Phi) is 2.00. The van der Waals surface area contributed by atoms with Gasteiger partial charge in [-0.3, -0.25) is 4.79 Å². The summed E-state index contributed by atoms with van der Waals surface area (Å²) in [6.45, 7) is 1.60. The molecule has 15 heavy (non-hydrogen) atoms. The van der Waals surface area contributed by atoms with Gasteiger partial charge >= 0.3 is 5.97 Å². The molecule has 0 unspecified atom stereocenters. The number of fused-ring (bicyclic) bond motifs is 1. The Hall–Kier alpha value is -2.17. The number of carbonyl (C=O) groups is 1. The number of carboxylic acid groups (broad SMARTS) is 1. The molecule has 1 aromatic carbocycles. The largest absolute Gasteiger partial charge is 0.478 e. The van der Waals surface area contributed by atoms with Gasteiger partial charge in [-0.1, -0.05) is 0 Å². The highest BCUT2D eigenvalue weighted by Crippen LogP contribution is 2.10. The highest BCUT2D eigenvalue weighted by atomic mass is 16.4. The lowest BCUT2D eigenvalue weighted by Gasteiger charge is -1.99. The number of hydrogen-bond acceptors (Lipinski definition) is 3. The summed E-state index contributed by atoms with van der Waals surface area (Å²) in [4.78, 5) is 28.5. The van der Waals surface area contributed by atoms with Crippen molar-refractivity contribution in [3.8, 4) is 0 Å². The van der Waals surface area contributed by atoms with Crippen molar-refractivity contribution < 1.29 is 9.90 Å². The minimum Gasteiger partial charge on any atom is -0.478 e. The monoisotopic (exact) mass is 204 g/mol. The molecular formula is C10H8N2O3. The lowest BCUT2D eigenvalue weighted by atomic mass is 10.2. The van der Waals surface area contributed by atoms with Crippen molar-refractivity contribution >= 4 is 17.0 Å². The van der Waals surface area contributed by atoms with Crippen LogP contribution in [0, 0.1) is 6.92 Å². The zero-order valence-electron chi connectivity index (χ0n) is 7.94. The number of nitrogens with zero attached hydrogens (tertiary/aromatic N) is 1. The maximum atomic E-state index is 11.2. The van der Waals surface area contributed by atoms with Crippen LogP contribution >= 0.6 is 0 Å². The minimum atomic E-state index is -1.03. The molecule has 5 heteroatoms. The predicted octanol–water partition coefficient (Wildman–Crippen LogP) is 0.930. The third-order valence-electron chi connectivity index (χ3n) is 2.11. The van der Waals surface area contributed by atoms with E-state index in [1.807, 2.05) is 0 Å². The van der Waals surface area contributed by atoms with E-state index in [2.05, 4.69) is 9.97 Å². The molecule has 2 aromatic rings. The molecule has 0 spiro atoms. The van der Waals surface area contributed by atoms with Gasteiger partial charge < -0.3 is 10.1 Å². The Morgan fingerprint density at radius 3 is 2.87 bits per heavy atom. The van der Waals surface area contributed by atoms with Crippen LogP contribution in [0.1, 0.15) is 16.1 Å². The Morgan fingerprint density at radius 1 is 1.47 bits per heavy atom. The lowest BCUT2D eigenvalue weighted by Crippen LogP contribution is -2.11. The van der Waals surface area contributed by atoms with E-state index in [9.17, 15) is 9.59 Å². The molecule has 5 nitrogen and oxygen atoms in total. The van der Waals surface area contributed by atoms with Crippen LogP contribution in [0.3, 0.4) is 0 Å². The molecule has 0 radical (unpaired) electrons. The fraction of sp³-hybridized carbons (Fsp3) is 0.100. The fourth-order valence-electron chi connectivity index (χ4n) is 1.31. The molecule has 1 aromatic heterocycles. The first-order valence-electron chi connectivity index (χ1n) is 4.32. The first-order chi connectivity index (χ1) is 7.08. The number of H-pyrrole nitrogens is 1. The van der Waals surface area contributed by atoms with E-state index < -0.39 is 5.97 Å². The molecule has 0 bridgehead atoms. The van der Waals surface area contributed by atoms with Crippen LogP contribution in [0.2, 0.25) is 0 Å². The second-order valence-electron chi connectivity index (χ2n) is 3.19. The molecule has 1 heterocycles. The van der Waals surface area contributed by atoms with Crippen LogP contribution in [-0.2, 0) is 0 Å². The summed E-state index contributed by atoms with van der Waals surface area (Å²) in [6.07, 6.45) is 0. The highest BCUT2D eigenvalue weighted by molar-refractivity contribution is 5.92. The van der Waals surface area contributed by atoms with Crippen molar-refractivity contribution in [1.29, 1.82) is 0 Å². The van der Waals surface area contributed by atoms with Crippen LogP contribution in [0.4, 0.5) is 0 Å². The SMILES string of the molecule is Cc1nc2ccc(C(=O)O)cc2[nH]c1=O. The number of aromatic amines is 1. The molecule has 0 amide bonds. The van der Waals surface area contributed by atoms with E-state index in [0.29, 0.717) is 16.7 Å². The zero-order valence-corrected chi connectivity index (χ0v) is 7.94. The van der Waals surface area contributed by atoms with Crippen molar-refractivity contribution in [2.45, 2.75) is 6.92 Å². The predicted molar refractivity (Wildman–Crippen MR) is 54.1 cm³/mol. The molecule has 0 aliphatic rings. The van der Waals surface area contributed by atoms with E-state index >= 15 is 0 Å². The van der Waals surface area contributed by atoms with Gasteiger partial charge in [0.2, 0.25) is 0 Å². The summed E-state index contributed by atoms with van der Waals surface area (Å²) in [6, 6.07) is 4.42. The quantitative estimate of drug-likeness (QED) is 0.723. The number of rotatable bonds is 1. The number of hydrogen-bond donors (Lipinski definition) is 2. The van der Waals surface area contributed by atoms with Crippen LogP contribution in [0.25, 0.3) is 11.0 Å². The second-order valence-corrected chi connectivity index (χ2v) is 3.19. The Labute approximate surface area is 84.4 Å². The highest BCUT2D eigenvalue weighted by Gasteiger charge is 2.05. The van der Waals surface area contributed by atoms with Gasteiger partial charge in [-0.15, -0.1) is 0 Å². The number of carboxylic acids is 1. The maximum Gasteiger partial charge on any atom is 0.335 e. The Bertz CT molecular complexity index is 601. The van der Waals surface area contributed by atoms with Gasteiger partial charge in [0.15, 0.2) is 0 Å². The maximum absolute atomic E-state index is 11.2. The van der Waals surface area contributed by atoms with Gasteiger partial charge in [0.25, 0.3) is 5.56 Å². The van der Waals surface area contributed by atoms with Gasteiger partial charge in [0.1, 0.15) is 5.69 Å². The molecule has 0 aliphatic carbocycles. The minimum absolute atomic E-state index is 0.129. The zero-order chi connectivity index (χ0) is 11.0. The van der Waals surface area contributed by atoms with Gasteiger partial charge in [-0.25, -0.2) is 9.78 Å². The normalized spacial score (nSPS) is 10.5. The number of nitrogens with one attached hydrogen (secondary N) is 1. The van der Waals surface area contributed by atoms with Gasteiger partial charge in [-0.2, -0.15) is 0 Å². The smallest absolute Gasteiger partial charge is 0.335 e.